The average molecular weight is 269 g/mol. The van der Waals surface area contributed by atoms with Crippen molar-refractivity contribution in [2.75, 3.05) is 6.61 Å². The molecule has 0 saturated heterocycles. The van der Waals surface area contributed by atoms with Gasteiger partial charge in [-0.05, 0) is 38.8 Å². The molecule has 1 aromatic carbocycles. The van der Waals surface area contributed by atoms with Crippen molar-refractivity contribution in [2.45, 2.75) is 38.8 Å². The summed E-state index contributed by atoms with van der Waals surface area (Å²) in [5.74, 6) is -0.355. The number of carbonyl (C=O) groups is 1. The molecule has 0 fully saturated rings. The summed E-state index contributed by atoms with van der Waals surface area (Å²) in [6.07, 6.45) is -0.412. The summed E-state index contributed by atoms with van der Waals surface area (Å²) in [6.45, 7) is 4.96. The first-order valence-electron chi connectivity index (χ1n) is 6.15. The maximum absolute atomic E-state index is 13.5. The molecule has 0 spiro atoms. The van der Waals surface area contributed by atoms with Crippen molar-refractivity contribution in [1.82, 2.24) is 5.32 Å². The van der Waals surface area contributed by atoms with Gasteiger partial charge in [-0.2, -0.15) is 0 Å². The molecule has 0 aliphatic heterocycles. The van der Waals surface area contributed by atoms with Gasteiger partial charge in [0.25, 0.3) is 0 Å². The van der Waals surface area contributed by atoms with Crippen LogP contribution in [0.4, 0.5) is 9.18 Å². The van der Waals surface area contributed by atoms with Crippen LogP contribution in [0.1, 0.15) is 26.3 Å². The Kier molecular flexibility index (Phi) is 5.30. The summed E-state index contributed by atoms with van der Waals surface area (Å²) in [7, 11) is 0. The Morgan fingerprint density at radius 1 is 1.42 bits per heavy atom. The molecule has 0 saturated carbocycles. The van der Waals surface area contributed by atoms with Crippen molar-refractivity contribution >= 4 is 6.09 Å². The fourth-order valence-electron chi connectivity index (χ4n) is 1.56. The minimum Gasteiger partial charge on any atom is -0.444 e. The third-order valence-corrected chi connectivity index (χ3v) is 2.37. The van der Waals surface area contributed by atoms with Crippen LogP contribution < -0.4 is 5.32 Å². The van der Waals surface area contributed by atoms with Gasteiger partial charge < -0.3 is 15.2 Å². The monoisotopic (exact) mass is 269 g/mol. The SMILES string of the molecule is CC(C)(C)OC(=O)N[C@@H](CO)Cc1ccccc1F. The maximum atomic E-state index is 13.5. The molecule has 0 bridgehead atoms. The van der Waals surface area contributed by atoms with Crippen LogP contribution in [0.25, 0.3) is 0 Å². The van der Waals surface area contributed by atoms with Crippen LogP contribution in [0.2, 0.25) is 0 Å². The van der Waals surface area contributed by atoms with Crippen molar-refractivity contribution < 1.29 is 19.0 Å². The molecule has 1 aromatic rings. The van der Waals surface area contributed by atoms with E-state index in [0.717, 1.165) is 0 Å². The first-order valence-corrected chi connectivity index (χ1v) is 6.15. The van der Waals surface area contributed by atoms with Gasteiger partial charge in [0.15, 0.2) is 0 Å². The van der Waals surface area contributed by atoms with E-state index in [1.54, 1.807) is 39.0 Å². The Labute approximate surface area is 112 Å². The summed E-state index contributed by atoms with van der Waals surface area (Å²) in [5, 5.41) is 11.8. The van der Waals surface area contributed by atoms with Crippen LogP contribution in [0.15, 0.2) is 24.3 Å². The van der Waals surface area contributed by atoms with Crippen molar-refractivity contribution in [3.63, 3.8) is 0 Å². The summed E-state index contributed by atoms with van der Waals surface area (Å²) < 4.78 is 18.6. The van der Waals surface area contributed by atoms with E-state index in [-0.39, 0.29) is 18.8 Å². The highest BCUT2D eigenvalue weighted by Gasteiger charge is 2.19. The zero-order chi connectivity index (χ0) is 14.5. The molecule has 0 aliphatic carbocycles. The van der Waals surface area contributed by atoms with E-state index in [2.05, 4.69) is 5.32 Å². The molecule has 1 atom stereocenters. The lowest BCUT2D eigenvalue weighted by Crippen LogP contribution is -2.42. The predicted molar refractivity (Wildman–Crippen MR) is 70.3 cm³/mol. The Morgan fingerprint density at radius 3 is 2.58 bits per heavy atom. The van der Waals surface area contributed by atoms with Crippen molar-refractivity contribution in [3.8, 4) is 0 Å². The minimum absolute atomic E-state index is 0.211. The fraction of sp³-hybridized carbons (Fsp3) is 0.500. The normalized spacial score (nSPS) is 12.9. The summed E-state index contributed by atoms with van der Waals surface area (Å²) in [6, 6.07) is 5.69. The molecule has 0 aliphatic rings. The fourth-order valence-corrected chi connectivity index (χ4v) is 1.56. The van der Waals surface area contributed by atoms with Crippen LogP contribution in [-0.4, -0.2) is 29.4 Å². The van der Waals surface area contributed by atoms with Crippen LogP contribution >= 0.6 is 0 Å². The Morgan fingerprint density at radius 2 is 2.05 bits per heavy atom. The summed E-state index contributed by atoms with van der Waals surface area (Å²) in [5.41, 5.74) is -0.167. The number of halogens is 1. The molecular formula is C14H20FNO3. The van der Waals surface area contributed by atoms with Gasteiger partial charge in [0, 0.05) is 0 Å². The van der Waals surface area contributed by atoms with Crippen molar-refractivity contribution in [2.24, 2.45) is 0 Å². The Bertz CT molecular complexity index is 429. The number of aliphatic hydroxyl groups excluding tert-OH is 1. The van der Waals surface area contributed by atoms with E-state index in [0.29, 0.717) is 5.56 Å². The number of nitrogens with one attached hydrogen (secondary N) is 1. The highest BCUT2D eigenvalue weighted by Crippen LogP contribution is 2.10. The highest BCUT2D eigenvalue weighted by atomic mass is 19.1. The van der Waals surface area contributed by atoms with E-state index < -0.39 is 17.7 Å². The van der Waals surface area contributed by atoms with E-state index in [4.69, 9.17) is 4.74 Å². The van der Waals surface area contributed by atoms with E-state index in [1.165, 1.54) is 6.07 Å². The lowest BCUT2D eigenvalue weighted by molar-refractivity contribution is 0.0482. The number of benzene rings is 1. The standard InChI is InChI=1S/C14H20FNO3/c1-14(2,3)19-13(18)16-11(9-17)8-10-6-4-5-7-12(10)15/h4-7,11,17H,8-9H2,1-3H3,(H,16,18)/t11-/m1/s1. The number of aliphatic hydroxyl groups is 1. The van der Waals surface area contributed by atoms with E-state index in [9.17, 15) is 14.3 Å². The molecule has 1 rings (SSSR count). The number of alkyl carbamates (subject to hydrolysis) is 1. The summed E-state index contributed by atoms with van der Waals surface area (Å²) >= 11 is 0. The Balaban J connectivity index is 2.60. The Hall–Kier alpha value is -1.62. The first kappa shape index (κ1) is 15.4. The predicted octanol–water partition coefficient (Wildman–Crippen LogP) is 2.25. The third-order valence-electron chi connectivity index (χ3n) is 2.37. The van der Waals surface area contributed by atoms with Gasteiger partial charge in [0.1, 0.15) is 11.4 Å². The smallest absolute Gasteiger partial charge is 0.407 e. The van der Waals surface area contributed by atoms with Crippen molar-refractivity contribution in [1.29, 1.82) is 0 Å². The second-order valence-electron chi connectivity index (χ2n) is 5.32. The lowest BCUT2D eigenvalue weighted by atomic mass is 10.1. The lowest BCUT2D eigenvalue weighted by Gasteiger charge is -2.22. The van der Waals surface area contributed by atoms with Crippen LogP contribution in [0.5, 0.6) is 0 Å². The number of carbonyl (C=O) groups excluding carboxylic acids is 1. The van der Waals surface area contributed by atoms with E-state index >= 15 is 0 Å². The maximum Gasteiger partial charge on any atom is 0.407 e. The quantitative estimate of drug-likeness (QED) is 0.881. The van der Waals surface area contributed by atoms with Gasteiger partial charge in [-0.3, -0.25) is 0 Å². The molecule has 19 heavy (non-hydrogen) atoms. The first-order chi connectivity index (χ1) is 8.81. The number of ether oxygens (including phenoxy) is 1. The molecule has 4 nitrogen and oxygen atoms in total. The molecule has 1 amide bonds. The average Bonchev–Trinajstić information content (AvgIpc) is 2.28. The number of rotatable bonds is 4. The second kappa shape index (κ2) is 6.52. The minimum atomic E-state index is -0.622. The van der Waals surface area contributed by atoms with Crippen LogP contribution in [0, 0.1) is 5.82 Å². The third kappa shape index (κ3) is 5.70. The topological polar surface area (TPSA) is 58.6 Å². The molecule has 0 heterocycles. The molecule has 2 N–H and O–H groups in total. The van der Waals surface area contributed by atoms with Gasteiger partial charge in [0.05, 0.1) is 12.6 Å². The van der Waals surface area contributed by atoms with E-state index in [1.807, 2.05) is 0 Å². The molecular weight excluding hydrogens is 249 g/mol. The molecule has 0 unspecified atom stereocenters. The highest BCUT2D eigenvalue weighted by molar-refractivity contribution is 5.68. The van der Waals surface area contributed by atoms with Crippen LogP contribution in [-0.2, 0) is 11.2 Å². The van der Waals surface area contributed by atoms with Gasteiger partial charge in [-0.25, -0.2) is 9.18 Å². The largest absolute Gasteiger partial charge is 0.444 e. The van der Waals surface area contributed by atoms with Gasteiger partial charge in [-0.15, -0.1) is 0 Å². The summed E-state index contributed by atoms with van der Waals surface area (Å²) in [4.78, 5) is 11.6. The molecule has 106 valence electrons. The molecule has 5 heteroatoms. The number of hydrogen-bond donors (Lipinski definition) is 2. The number of hydrogen-bond acceptors (Lipinski definition) is 3. The molecule has 0 radical (unpaired) electrons. The molecule has 0 aromatic heterocycles. The van der Waals surface area contributed by atoms with Gasteiger partial charge >= 0.3 is 6.09 Å². The number of amides is 1. The zero-order valence-electron chi connectivity index (χ0n) is 11.4. The van der Waals surface area contributed by atoms with Gasteiger partial charge in [0.2, 0.25) is 0 Å². The zero-order valence-corrected chi connectivity index (χ0v) is 11.4. The second-order valence-corrected chi connectivity index (χ2v) is 5.32. The van der Waals surface area contributed by atoms with Crippen LogP contribution in [0.3, 0.4) is 0 Å². The van der Waals surface area contributed by atoms with Gasteiger partial charge in [-0.1, -0.05) is 18.2 Å². The van der Waals surface area contributed by atoms with Crippen molar-refractivity contribution in [3.05, 3.63) is 35.6 Å².